The molecule has 0 saturated heterocycles. The Morgan fingerprint density at radius 2 is 1.58 bits per heavy atom. The van der Waals surface area contributed by atoms with Crippen LogP contribution in [0.2, 0.25) is 5.02 Å². The van der Waals surface area contributed by atoms with Gasteiger partial charge in [-0.15, -0.1) is 0 Å². The number of anilines is 2. The number of nitrogens with one attached hydrogen (secondary N) is 1. The number of benzene rings is 2. The van der Waals surface area contributed by atoms with Crippen LogP contribution in [0, 0.1) is 0 Å². The summed E-state index contributed by atoms with van der Waals surface area (Å²) < 4.78 is 0. The van der Waals surface area contributed by atoms with Gasteiger partial charge in [-0.3, -0.25) is 14.5 Å². The number of likely N-dealkylation sites (N-methyl/N-ethyl adjacent to an activating group) is 2. The normalized spacial score (nSPS) is 10.5. The number of hydrogen-bond donors (Lipinski definition) is 1. The molecule has 0 radical (unpaired) electrons. The lowest BCUT2D eigenvalue weighted by atomic mass is 10.3. The van der Waals surface area contributed by atoms with Crippen molar-refractivity contribution in [2.24, 2.45) is 0 Å². The summed E-state index contributed by atoms with van der Waals surface area (Å²) in [6.07, 6.45) is 0. The molecule has 0 aliphatic rings. The van der Waals surface area contributed by atoms with Gasteiger partial charge >= 0.3 is 0 Å². The molecule has 2 aromatic carbocycles. The van der Waals surface area contributed by atoms with Gasteiger partial charge in [0.1, 0.15) is 0 Å². The number of rotatable bonds is 6. The Hall–Kier alpha value is -2.37. The molecule has 0 aliphatic carbocycles. The molecule has 2 aromatic rings. The number of nitrogens with zero attached hydrogens (tertiary/aromatic N) is 2. The zero-order valence-corrected chi connectivity index (χ0v) is 14.5. The van der Waals surface area contributed by atoms with E-state index in [9.17, 15) is 9.59 Å². The van der Waals surface area contributed by atoms with Crippen LogP contribution in [0.1, 0.15) is 0 Å². The van der Waals surface area contributed by atoms with Crippen LogP contribution in [0.3, 0.4) is 0 Å². The molecule has 0 heterocycles. The summed E-state index contributed by atoms with van der Waals surface area (Å²) in [7, 11) is 3.44. The third-order valence-electron chi connectivity index (χ3n) is 3.48. The number of halogens is 1. The smallest absolute Gasteiger partial charge is 0.240 e. The molecular formula is C18H20ClN3O2. The maximum absolute atomic E-state index is 12.3. The molecule has 6 heteroatoms. The summed E-state index contributed by atoms with van der Waals surface area (Å²) in [5, 5.41) is 3.22. The van der Waals surface area contributed by atoms with E-state index in [4.69, 9.17) is 11.6 Å². The second-order valence-electron chi connectivity index (χ2n) is 5.49. The average Bonchev–Trinajstić information content (AvgIpc) is 2.56. The fourth-order valence-corrected chi connectivity index (χ4v) is 2.37. The van der Waals surface area contributed by atoms with Crippen molar-refractivity contribution in [1.82, 2.24) is 4.90 Å². The number of carbonyl (C=O) groups is 2. The second kappa shape index (κ2) is 8.47. The van der Waals surface area contributed by atoms with Crippen molar-refractivity contribution in [2.45, 2.75) is 0 Å². The standard InChI is InChI=1S/C18H20ClN3O2/c1-21(12-17(23)20-16-11-7-6-10-15(16)19)13-18(24)22(2)14-8-4-3-5-9-14/h3-11H,12-13H2,1-2H3,(H,20,23). The van der Waals surface area contributed by atoms with Crippen LogP contribution in [0.4, 0.5) is 11.4 Å². The van der Waals surface area contributed by atoms with Crippen molar-refractivity contribution in [3.05, 3.63) is 59.6 Å². The van der Waals surface area contributed by atoms with Crippen LogP contribution >= 0.6 is 11.6 Å². The zero-order chi connectivity index (χ0) is 17.5. The van der Waals surface area contributed by atoms with E-state index in [1.54, 1.807) is 48.2 Å². The predicted molar refractivity (Wildman–Crippen MR) is 97.4 cm³/mol. The lowest BCUT2D eigenvalue weighted by Gasteiger charge is -2.21. The summed E-state index contributed by atoms with van der Waals surface area (Å²) in [4.78, 5) is 27.6. The molecule has 126 valence electrons. The Kier molecular flexibility index (Phi) is 6.35. The zero-order valence-electron chi connectivity index (χ0n) is 13.7. The Labute approximate surface area is 146 Å². The van der Waals surface area contributed by atoms with Crippen molar-refractivity contribution < 1.29 is 9.59 Å². The Bertz CT molecular complexity index is 706. The molecule has 0 spiro atoms. The molecule has 0 fully saturated rings. The van der Waals surface area contributed by atoms with Gasteiger partial charge in [0, 0.05) is 12.7 Å². The summed E-state index contributed by atoms with van der Waals surface area (Å²) in [5.74, 6) is -0.310. The van der Waals surface area contributed by atoms with Crippen molar-refractivity contribution >= 4 is 34.8 Å². The Balaban J connectivity index is 1.86. The molecule has 2 amide bonds. The average molecular weight is 346 g/mol. The van der Waals surface area contributed by atoms with Gasteiger partial charge in [-0.05, 0) is 31.3 Å². The first-order valence-electron chi connectivity index (χ1n) is 7.52. The number of amides is 2. The van der Waals surface area contributed by atoms with Crippen molar-refractivity contribution in [2.75, 3.05) is 37.4 Å². The minimum atomic E-state index is -0.222. The molecule has 0 aromatic heterocycles. The lowest BCUT2D eigenvalue weighted by molar-refractivity contribution is -0.120. The predicted octanol–water partition coefficient (Wildman–Crippen LogP) is 2.87. The van der Waals surface area contributed by atoms with Gasteiger partial charge in [-0.25, -0.2) is 0 Å². The maximum atomic E-state index is 12.3. The lowest BCUT2D eigenvalue weighted by Crippen LogP contribution is -2.39. The van der Waals surface area contributed by atoms with Crippen LogP contribution < -0.4 is 10.2 Å². The quantitative estimate of drug-likeness (QED) is 0.875. The van der Waals surface area contributed by atoms with Gasteiger partial charge in [0.2, 0.25) is 11.8 Å². The summed E-state index contributed by atoms with van der Waals surface area (Å²) in [6, 6.07) is 16.4. The van der Waals surface area contributed by atoms with Crippen LogP contribution in [0.25, 0.3) is 0 Å². The third kappa shape index (κ3) is 5.08. The van der Waals surface area contributed by atoms with Crippen LogP contribution in [0.5, 0.6) is 0 Å². The fourth-order valence-electron chi connectivity index (χ4n) is 2.19. The van der Waals surface area contributed by atoms with Gasteiger partial charge in [0.05, 0.1) is 23.8 Å². The highest BCUT2D eigenvalue weighted by atomic mass is 35.5. The van der Waals surface area contributed by atoms with Gasteiger partial charge in [0.25, 0.3) is 0 Å². The van der Waals surface area contributed by atoms with Crippen molar-refractivity contribution in [3.8, 4) is 0 Å². The van der Waals surface area contributed by atoms with E-state index in [-0.39, 0.29) is 24.9 Å². The molecule has 0 bridgehead atoms. The summed E-state index contributed by atoms with van der Waals surface area (Å²) in [6.45, 7) is 0.237. The Morgan fingerprint density at radius 1 is 0.958 bits per heavy atom. The van der Waals surface area contributed by atoms with E-state index in [1.165, 1.54) is 0 Å². The number of para-hydroxylation sites is 2. The monoisotopic (exact) mass is 345 g/mol. The highest BCUT2D eigenvalue weighted by molar-refractivity contribution is 6.33. The molecule has 0 aliphatic heterocycles. The second-order valence-corrected chi connectivity index (χ2v) is 5.90. The molecule has 24 heavy (non-hydrogen) atoms. The highest BCUT2D eigenvalue weighted by Crippen LogP contribution is 2.20. The number of hydrogen-bond acceptors (Lipinski definition) is 3. The Morgan fingerprint density at radius 3 is 2.25 bits per heavy atom. The minimum Gasteiger partial charge on any atom is -0.324 e. The SMILES string of the molecule is CN(CC(=O)Nc1ccccc1Cl)CC(=O)N(C)c1ccccc1. The highest BCUT2D eigenvalue weighted by Gasteiger charge is 2.15. The first-order chi connectivity index (χ1) is 11.5. The van der Waals surface area contributed by atoms with Crippen LogP contribution in [-0.4, -0.2) is 43.9 Å². The molecule has 0 atom stereocenters. The van der Waals surface area contributed by atoms with Crippen LogP contribution in [-0.2, 0) is 9.59 Å². The molecular weight excluding hydrogens is 326 g/mol. The molecule has 2 rings (SSSR count). The van der Waals surface area contributed by atoms with Gasteiger partial charge in [-0.2, -0.15) is 0 Å². The molecule has 0 unspecified atom stereocenters. The first-order valence-corrected chi connectivity index (χ1v) is 7.89. The van der Waals surface area contributed by atoms with E-state index >= 15 is 0 Å². The maximum Gasteiger partial charge on any atom is 0.240 e. The fraction of sp³-hybridized carbons (Fsp3) is 0.222. The van der Waals surface area contributed by atoms with E-state index in [1.807, 2.05) is 30.3 Å². The largest absolute Gasteiger partial charge is 0.324 e. The summed E-state index contributed by atoms with van der Waals surface area (Å²) in [5.41, 5.74) is 1.38. The van der Waals surface area contributed by atoms with E-state index in [0.717, 1.165) is 5.69 Å². The number of carbonyl (C=O) groups excluding carboxylic acids is 2. The van der Waals surface area contributed by atoms with Crippen molar-refractivity contribution in [3.63, 3.8) is 0 Å². The molecule has 0 saturated carbocycles. The van der Waals surface area contributed by atoms with Gasteiger partial charge in [-0.1, -0.05) is 41.9 Å². The third-order valence-corrected chi connectivity index (χ3v) is 3.81. The minimum absolute atomic E-state index is 0.0887. The van der Waals surface area contributed by atoms with E-state index in [2.05, 4.69) is 5.32 Å². The van der Waals surface area contributed by atoms with E-state index in [0.29, 0.717) is 10.7 Å². The van der Waals surface area contributed by atoms with E-state index < -0.39 is 0 Å². The summed E-state index contributed by atoms with van der Waals surface area (Å²) >= 11 is 6.01. The molecule has 5 nitrogen and oxygen atoms in total. The van der Waals surface area contributed by atoms with Crippen LogP contribution in [0.15, 0.2) is 54.6 Å². The van der Waals surface area contributed by atoms with Crippen molar-refractivity contribution in [1.29, 1.82) is 0 Å². The topological polar surface area (TPSA) is 52.7 Å². The van der Waals surface area contributed by atoms with Gasteiger partial charge < -0.3 is 10.2 Å². The van der Waals surface area contributed by atoms with Gasteiger partial charge in [0.15, 0.2) is 0 Å². The molecule has 1 N–H and O–H groups in total. The first kappa shape index (κ1) is 18.0.